The van der Waals surface area contributed by atoms with Gasteiger partial charge in [0.2, 0.25) is 5.65 Å². The first kappa shape index (κ1) is 19.9. The van der Waals surface area contributed by atoms with Gasteiger partial charge < -0.3 is 9.64 Å². The third-order valence-corrected chi connectivity index (χ3v) is 4.52. The van der Waals surface area contributed by atoms with E-state index in [1.165, 1.54) is 0 Å². The Labute approximate surface area is 166 Å². The molecule has 6 heteroatoms. The second-order valence-corrected chi connectivity index (χ2v) is 7.68. The number of ether oxygens (including phenoxy) is 1. The van der Waals surface area contributed by atoms with Crippen molar-refractivity contribution in [3.8, 4) is 17.1 Å². The average Bonchev–Trinajstić information content (AvgIpc) is 3.05. The molecule has 3 rings (SSSR count). The zero-order chi connectivity index (χ0) is 20.4. The van der Waals surface area contributed by atoms with Crippen molar-refractivity contribution in [3.63, 3.8) is 0 Å². The van der Waals surface area contributed by atoms with Gasteiger partial charge in [0.15, 0.2) is 0 Å². The number of hydrogen-bond donors (Lipinski definition) is 0. The zero-order valence-electron chi connectivity index (χ0n) is 17.4. The van der Waals surface area contributed by atoms with Crippen molar-refractivity contribution in [2.45, 2.75) is 59.7 Å². The molecule has 0 aliphatic rings. The molecule has 0 saturated carbocycles. The van der Waals surface area contributed by atoms with Crippen molar-refractivity contribution in [3.05, 3.63) is 48.4 Å². The number of imidazole rings is 1. The van der Waals surface area contributed by atoms with Crippen molar-refractivity contribution in [1.82, 2.24) is 19.3 Å². The van der Waals surface area contributed by atoms with E-state index in [1.807, 2.05) is 81.3 Å². The molecule has 0 radical (unpaired) electrons. The highest BCUT2D eigenvalue weighted by atomic mass is 16.5. The van der Waals surface area contributed by atoms with Crippen LogP contribution in [0.2, 0.25) is 0 Å². The molecule has 0 atom stereocenters. The van der Waals surface area contributed by atoms with Crippen LogP contribution in [0.1, 0.15) is 51.9 Å². The normalized spacial score (nSPS) is 11.6. The van der Waals surface area contributed by atoms with Crippen molar-refractivity contribution >= 4 is 11.6 Å². The molecule has 1 amide bonds. The lowest BCUT2D eigenvalue weighted by atomic mass is 10.0. The number of amides is 1. The summed E-state index contributed by atoms with van der Waals surface area (Å²) in [5, 5.41) is 0. The smallest absolute Gasteiger partial charge is 0.258 e. The number of nitrogens with zero attached hydrogens (tertiary/aromatic N) is 4. The first-order valence-corrected chi connectivity index (χ1v) is 9.72. The van der Waals surface area contributed by atoms with Crippen LogP contribution in [0, 0.1) is 0 Å². The van der Waals surface area contributed by atoms with Crippen LogP contribution in [-0.4, -0.2) is 43.4 Å². The molecule has 28 heavy (non-hydrogen) atoms. The molecule has 6 nitrogen and oxygen atoms in total. The monoisotopic (exact) mass is 380 g/mol. The van der Waals surface area contributed by atoms with Crippen LogP contribution in [0.4, 0.5) is 0 Å². The number of hydrogen-bond acceptors (Lipinski definition) is 4. The number of carbonyl (C=O) groups excluding carboxylic acids is 1. The highest BCUT2D eigenvalue weighted by Gasteiger charge is 2.25. The molecule has 2 heterocycles. The molecule has 0 bridgehead atoms. The number of fused-ring (bicyclic) bond motifs is 1. The Morgan fingerprint density at radius 2 is 1.71 bits per heavy atom. The molecule has 2 aromatic heterocycles. The fourth-order valence-corrected chi connectivity index (χ4v) is 3.50. The first-order valence-electron chi connectivity index (χ1n) is 9.72. The Morgan fingerprint density at radius 3 is 2.36 bits per heavy atom. The average molecular weight is 380 g/mol. The summed E-state index contributed by atoms with van der Waals surface area (Å²) in [5.74, 6) is 0.502. The third-order valence-electron chi connectivity index (χ3n) is 4.52. The SMILES string of the molecule is CC(C)Oc1nccn2c(-c3ccccc3C(=O)N(C(C)C)C(C)C)cnc12. The molecule has 0 saturated heterocycles. The van der Waals surface area contributed by atoms with Gasteiger partial charge in [0, 0.05) is 35.6 Å². The number of aromatic nitrogens is 3. The van der Waals surface area contributed by atoms with Gasteiger partial charge in [0.1, 0.15) is 0 Å². The molecular formula is C22H28N4O2. The molecule has 0 spiro atoms. The fourth-order valence-electron chi connectivity index (χ4n) is 3.50. The van der Waals surface area contributed by atoms with E-state index in [9.17, 15) is 4.79 Å². The highest BCUT2D eigenvalue weighted by Crippen LogP contribution is 2.29. The molecule has 0 unspecified atom stereocenters. The second-order valence-electron chi connectivity index (χ2n) is 7.68. The summed E-state index contributed by atoms with van der Waals surface area (Å²) in [6.07, 6.45) is 5.30. The third kappa shape index (κ3) is 3.72. The summed E-state index contributed by atoms with van der Waals surface area (Å²) in [6, 6.07) is 7.89. The van der Waals surface area contributed by atoms with Gasteiger partial charge in [-0.15, -0.1) is 0 Å². The van der Waals surface area contributed by atoms with E-state index in [2.05, 4.69) is 9.97 Å². The van der Waals surface area contributed by atoms with Crippen LogP contribution < -0.4 is 4.74 Å². The van der Waals surface area contributed by atoms with E-state index in [0.717, 1.165) is 11.3 Å². The molecule has 0 aliphatic heterocycles. The summed E-state index contributed by atoms with van der Waals surface area (Å²) in [4.78, 5) is 24.1. The van der Waals surface area contributed by atoms with Gasteiger partial charge >= 0.3 is 0 Å². The van der Waals surface area contributed by atoms with Gasteiger partial charge in [-0.1, -0.05) is 18.2 Å². The Hall–Kier alpha value is -2.89. The molecular weight excluding hydrogens is 352 g/mol. The molecule has 1 aromatic carbocycles. The van der Waals surface area contributed by atoms with E-state index in [1.54, 1.807) is 12.4 Å². The zero-order valence-corrected chi connectivity index (χ0v) is 17.4. The second kappa shape index (κ2) is 8.00. The number of benzene rings is 1. The van der Waals surface area contributed by atoms with Crippen LogP contribution >= 0.6 is 0 Å². The maximum absolute atomic E-state index is 13.4. The fraction of sp³-hybridized carbons (Fsp3) is 0.409. The molecule has 3 aromatic rings. The van der Waals surface area contributed by atoms with Crippen LogP contribution in [0.5, 0.6) is 5.88 Å². The quantitative estimate of drug-likeness (QED) is 0.634. The van der Waals surface area contributed by atoms with Crippen molar-refractivity contribution in [2.24, 2.45) is 0 Å². The lowest BCUT2D eigenvalue weighted by molar-refractivity contribution is 0.0644. The van der Waals surface area contributed by atoms with Crippen LogP contribution in [0.3, 0.4) is 0 Å². The van der Waals surface area contributed by atoms with Crippen LogP contribution in [0.25, 0.3) is 16.9 Å². The Balaban J connectivity index is 2.13. The molecule has 0 fully saturated rings. The van der Waals surface area contributed by atoms with Crippen LogP contribution in [-0.2, 0) is 0 Å². The van der Waals surface area contributed by atoms with Gasteiger partial charge in [-0.3, -0.25) is 9.20 Å². The molecule has 0 N–H and O–H groups in total. The minimum absolute atomic E-state index is 0.00152. The van der Waals surface area contributed by atoms with E-state index in [0.29, 0.717) is 17.1 Å². The summed E-state index contributed by atoms with van der Waals surface area (Å²) in [6.45, 7) is 12.1. The maximum atomic E-state index is 13.4. The summed E-state index contributed by atoms with van der Waals surface area (Å²) in [5.41, 5.74) is 2.98. The first-order chi connectivity index (χ1) is 13.3. The summed E-state index contributed by atoms with van der Waals surface area (Å²) >= 11 is 0. The number of carbonyl (C=O) groups is 1. The van der Waals surface area contributed by atoms with Crippen molar-refractivity contribution < 1.29 is 9.53 Å². The Morgan fingerprint density at radius 1 is 1.04 bits per heavy atom. The maximum Gasteiger partial charge on any atom is 0.258 e. The predicted molar refractivity (Wildman–Crippen MR) is 111 cm³/mol. The van der Waals surface area contributed by atoms with E-state index >= 15 is 0 Å². The van der Waals surface area contributed by atoms with Gasteiger partial charge in [-0.25, -0.2) is 9.97 Å². The highest BCUT2D eigenvalue weighted by molar-refractivity contribution is 6.01. The van der Waals surface area contributed by atoms with Gasteiger partial charge in [-0.05, 0) is 47.6 Å². The van der Waals surface area contributed by atoms with E-state index < -0.39 is 0 Å². The Bertz CT molecular complexity index is 968. The minimum Gasteiger partial charge on any atom is -0.472 e. The molecule has 148 valence electrons. The standard InChI is InChI=1S/C22H28N4O2/c1-14(2)26(15(3)4)22(27)18-10-8-7-9-17(18)19-13-24-20-21(28-16(5)6)23-11-12-25(19)20/h7-16H,1-6H3. The van der Waals surface area contributed by atoms with E-state index in [4.69, 9.17) is 4.74 Å². The number of rotatable bonds is 6. The van der Waals surface area contributed by atoms with Crippen molar-refractivity contribution in [1.29, 1.82) is 0 Å². The Kier molecular flexibility index (Phi) is 5.68. The summed E-state index contributed by atoms with van der Waals surface area (Å²) < 4.78 is 7.71. The lowest BCUT2D eigenvalue weighted by Crippen LogP contribution is -2.42. The minimum atomic E-state index is -0.00152. The van der Waals surface area contributed by atoms with Gasteiger partial charge in [0.05, 0.1) is 18.0 Å². The topological polar surface area (TPSA) is 59.7 Å². The predicted octanol–water partition coefficient (Wildman–Crippen LogP) is 4.44. The lowest BCUT2D eigenvalue weighted by Gasteiger charge is -2.31. The van der Waals surface area contributed by atoms with Crippen LogP contribution in [0.15, 0.2) is 42.9 Å². The largest absolute Gasteiger partial charge is 0.472 e. The van der Waals surface area contributed by atoms with Gasteiger partial charge in [-0.2, -0.15) is 0 Å². The summed E-state index contributed by atoms with van der Waals surface area (Å²) in [7, 11) is 0. The van der Waals surface area contributed by atoms with E-state index in [-0.39, 0.29) is 24.1 Å². The molecule has 0 aliphatic carbocycles. The van der Waals surface area contributed by atoms with Gasteiger partial charge in [0.25, 0.3) is 11.8 Å². The van der Waals surface area contributed by atoms with Crippen molar-refractivity contribution in [2.75, 3.05) is 0 Å².